The van der Waals surface area contributed by atoms with Gasteiger partial charge in [0, 0.05) is 13.2 Å². The summed E-state index contributed by atoms with van der Waals surface area (Å²) in [6, 6.07) is 0. The van der Waals surface area contributed by atoms with Crippen molar-refractivity contribution in [1.82, 2.24) is 4.90 Å². The predicted molar refractivity (Wildman–Crippen MR) is 78.5 cm³/mol. The number of rotatable bonds is 11. The van der Waals surface area contributed by atoms with E-state index in [1.165, 1.54) is 51.5 Å². The minimum atomic E-state index is 0.321. The quantitative estimate of drug-likeness (QED) is 0.555. The van der Waals surface area contributed by atoms with Crippen molar-refractivity contribution in [2.24, 2.45) is 0 Å². The van der Waals surface area contributed by atoms with E-state index in [4.69, 9.17) is 5.11 Å². The van der Waals surface area contributed by atoms with Gasteiger partial charge >= 0.3 is 0 Å². The summed E-state index contributed by atoms with van der Waals surface area (Å²) >= 11 is 0. The van der Waals surface area contributed by atoms with Crippen LogP contribution in [0.1, 0.15) is 72.1 Å². The molecule has 1 N–H and O–H groups in total. The molecule has 0 radical (unpaired) electrons. The summed E-state index contributed by atoms with van der Waals surface area (Å²) in [5, 5.41) is 8.68. The van der Waals surface area contributed by atoms with E-state index in [9.17, 15) is 0 Å². The zero-order valence-corrected chi connectivity index (χ0v) is 12.7. The lowest BCUT2D eigenvalue weighted by atomic mass is 10.1. The molecule has 0 atom stereocenters. The van der Waals surface area contributed by atoms with Crippen LogP contribution in [0.25, 0.3) is 0 Å². The van der Waals surface area contributed by atoms with Crippen molar-refractivity contribution < 1.29 is 5.11 Å². The summed E-state index contributed by atoms with van der Waals surface area (Å²) in [5.41, 5.74) is 0. The normalized spacial score (nSPS) is 10.2. The zero-order chi connectivity index (χ0) is 13.4. The van der Waals surface area contributed by atoms with E-state index in [0.29, 0.717) is 6.61 Å². The molecule has 17 heavy (non-hydrogen) atoms. The Morgan fingerprint density at radius 2 is 1.24 bits per heavy atom. The Kier molecular flexibility index (Phi) is 20.7. The van der Waals surface area contributed by atoms with E-state index in [0.717, 1.165) is 13.0 Å². The summed E-state index contributed by atoms with van der Waals surface area (Å²) in [4.78, 5) is 2.32. The van der Waals surface area contributed by atoms with Crippen molar-refractivity contribution >= 4 is 0 Å². The van der Waals surface area contributed by atoms with Gasteiger partial charge in [0.05, 0.1) is 0 Å². The third kappa shape index (κ3) is 18.5. The van der Waals surface area contributed by atoms with Gasteiger partial charge in [-0.25, -0.2) is 0 Å². The third-order valence-corrected chi connectivity index (χ3v) is 2.84. The van der Waals surface area contributed by atoms with Gasteiger partial charge in [-0.05, 0) is 26.4 Å². The van der Waals surface area contributed by atoms with Gasteiger partial charge in [0.15, 0.2) is 0 Å². The topological polar surface area (TPSA) is 23.5 Å². The number of hydrogen-bond acceptors (Lipinski definition) is 2. The molecule has 106 valence electrons. The molecule has 0 saturated heterocycles. The lowest BCUT2D eigenvalue weighted by Crippen LogP contribution is -2.21. The van der Waals surface area contributed by atoms with Gasteiger partial charge in [0.2, 0.25) is 0 Å². The first-order valence-electron chi connectivity index (χ1n) is 7.60. The van der Waals surface area contributed by atoms with Crippen LogP contribution in [0.5, 0.6) is 0 Å². The Morgan fingerprint density at radius 3 is 1.76 bits per heavy atom. The molecule has 0 aliphatic rings. The minimum Gasteiger partial charge on any atom is -0.396 e. The molecule has 0 fully saturated rings. The smallest absolute Gasteiger partial charge is 0.0443 e. The standard InChI is InChI=1S/C13H29NO.C2H6/c1-3-4-5-6-7-8-9-11-14(2)12-10-13-15;1-2/h15H,3-13H2,1-2H3;1-2H3. The summed E-state index contributed by atoms with van der Waals surface area (Å²) in [5.74, 6) is 0. The SMILES string of the molecule is CC.CCCCCCCCCN(C)CCCO. The van der Waals surface area contributed by atoms with Crippen LogP contribution < -0.4 is 0 Å². The van der Waals surface area contributed by atoms with Crippen LogP contribution in [-0.4, -0.2) is 36.8 Å². The highest BCUT2D eigenvalue weighted by Crippen LogP contribution is 2.07. The van der Waals surface area contributed by atoms with Crippen molar-refractivity contribution in [3.05, 3.63) is 0 Å². The number of hydrogen-bond donors (Lipinski definition) is 1. The van der Waals surface area contributed by atoms with E-state index < -0.39 is 0 Å². The molecule has 0 heterocycles. The molecule has 0 bridgehead atoms. The van der Waals surface area contributed by atoms with Gasteiger partial charge in [-0.3, -0.25) is 0 Å². The second kappa shape index (κ2) is 18.3. The van der Waals surface area contributed by atoms with Gasteiger partial charge in [0.1, 0.15) is 0 Å². The van der Waals surface area contributed by atoms with E-state index in [2.05, 4.69) is 18.9 Å². The molecule has 0 aromatic rings. The first kappa shape index (κ1) is 19.3. The van der Waals surface area contributed by atoms with E-state index in [-0.39, 0.29) is 0 Å². The molecule has 0 spiro atoms. The van der Waals surface area contributed by atoms with Gasteiger partial charge in [0.25, 0.3) is 0 Å². The van der Waals surface area contributed by atoms with Crippen molar-refractivity contribution in [3.8, 4) is 0 Å². The lowest BCUT2D eigenvalue weighted by molar-refractivity contribution is 0.245. The van der Waals surface area contributed by atoms with E-state index in [1.807, 2.05) is 13.8 Å². The van der Waals surface area contributed by atoms with Crippen LogP contribution in [0.15, 0.2) is 0 Å². The molecular weight excluding hydrogens is 210 g/mol. The average molecular weight is 245 g/mol. The Labute approximate surface area is 109 Å². The molecule has 0 aliphatic carbocycles. The highest BCUT2D eigenvalue weighted by molar-refractivity contribution is 4.52. The maximum atomic E-state index is 8.68. The van der Waals surface area contributed by atoms with Crippen LogP contribution in [0.4, 0.5) is 0 Å². The number of aliphatic hydroxyl groups is 1. The molecule has 2 nitrogen and oxygen atoms in total. The largest absolute Gasteiger partial charge is 0.396 e. The van der Waals surface area contributed by atoms with Crippen molar-refractivity contribution in [2.45, 2.75) is 72.1 Å². The van der Waals surface area contributed by atoms with Crippen LogP contribution in [0, 0.1) is 0 Å². The summed E-state index contributed by atoms with van der Waals surface area (Å²) in [6.45, 7) is 8.80. The average Bonchev–Trinajstić information content (AvgIpc) is 2.37. The highest BCUT2D eigenvalue weighted by atomic mass is 16.3. The summed E-state index contributed by atoms with van der Waals surface area (Å²) in [7, 11) is 2.15. The maximum absolute atomic E-state index is 8.68. The highest BCUT2D eigenvalue weighted by Gasteiger charge is 1.97. The number of aliphatic hydroxyl groups excluding tert-OH is 1. The lowest BCUT2D eigenvalue weighted by Gasteiger charge is -2.15. The van der Waals surface area contributed by atoms with Crippen LogP contribution in [-0.2, 0) is 0 Å². The molecule has 0 saturated carbocycles. The zero-order valence-electron chi connectivity index (χ0n) is 12.7. The predicted octanol–water partition coefficient (Wildman–Crippen LogP) is 4.08. The fraction of sp³-hybridized carbons (Fsp3) is 1.00. The van der Waals surface area contributed by atoms with Crippen LogP contribution in [0.3, 0.4) is 0 Å². The van der Waals surface area contributed by atoms with Gasteiger partial charge in [-0.1, -0.05) is 59.3 Å². The van der Waals surface area contributed by atoms with Crippen LogP contribution in [0.2, 0.25) is 0 Å². The van der Waals surface area contributed by atoms with Gasteiger partial charge < -0.3 is 10.0 Å². The summed E-state index contributed by atoms with van der Waals surface area (Å²) in [6.07, 6.45) is 10.5. The van der Waals surface area contributed by atoms with E-state index >= 15 is 0 Å². The molecular formula is C15H35NO. The first-order valence-corrected chi connectivity index (χ1v) is 7.60. The van der Waals surface area contributed by atoms with Crippen molar-refractivity contribution in [3.63, 3.8) is 0 Å². The molecule has 0 aromatic heterocycles. The molecule has 0 aliphatic heterocycles. The maximum Gasteiger partial charge on any atom is 0.0443 e. The molecule has 0 rings (SSSR count). The van der Waals surface area contributed by atoms with Crippen molar-refractivity contribution in [2.75, 3.05) is 26.7 Å². The Bertz CT molecular complexity index is 117. The fourth-order valence-corrected chi connectivity index (χ4v) is 1.79. The molecule has 0 aromatic carbocycles. The first-order chi connectivity index (χ1) is 8.31. The number of unbranched alkanes of at least 4 members (excludes halogenated alkanes) is 6. The molecule has 0 amide bonds. The summed E-state index contributed by atoms with van der Waals surface area (Å²) < 4.78 is 0. The number of nitrogens with zero attached hydrogens (tertiary/aromatic N) is 1. The second-order valence-electron chi connectivity index (χ2n) is 4.50. The molecule has 2 heteroatoms. The Hall–Kier alpha value is -0.0800. The van der Waals surface area contributed by atoms with Crippen molar-refractivity contribution in [1.29, 1.82) is 0 Å². The Balaban J connectivity index is 0. The Morgan fingerprint density at radius 1 is 0.765 bits per heavy atom. The third-order valence-electron chi connectivity index (χ3n) is 2.84. The van der Waals surface area contributed by atoms with E-state index in [1.54, 1.807) is 0 Å². The minimum absolute atomic E-state index is 0.321. The second-order valence-corrected chi connectivity index (χ2v) is 4.50. The van der Waals surface area contributed by atoms with Gasteiger partial charge in [-0.2, -0.15) is 0 Å². The fourth-order valence-electron chi connectivity index (χ4n) is 1.79. The van der Waals surface area contributed by atoms with Gasteiger partial charge in [-0.15, -0.1) is 0 Å². The monoisotopic (exact) mass is 245 g/mol. The molecule has 0 unspecified atom stereocenters. The van der Waals surface area contributed by atoms with Crippen LogP contribution >= 0.6 is 0 Å².